The SMILES string of the molecule is COC1=C[C@]2(C)CCC(C(C)C)=CC2=C(C)C1=O. The van der Waals surface area contributed by atoms with Gasteiger partial charge in [-0.2, -0.15) is 0 Å². The molecule has 0 aliphatic heterocycles. The smallest absolute Gasteiger partial charge is 0.223 e. The maximum absolute atomic E-state index is 12.1. The lowest BCUT2D eigenvalue weighted by molar-refractivity contribution is -0.115. The van der Waals surface area contributed by atoms with E-state index in [9.17, 15) is 4.79 Å². The third-order valence-electron chi connectivity index (χ3n) is 4.26. The largest absolute Gasteiger partial charge is 0.493 e. The quantitative estimate of drug-likeness (QED) is 0.740. The second kappa shape index (κ2) is 4.42. The van der Waals surface area contributed by atoms with Crippen LogP contribution in [0.25, 0.3) is 0 Å². The highest BCUT2D eigenvalue weighted by molar-refractivity contribution is 6.08. The number of fused-ring (bicyclic) bond motifs is 1. The molecule has 0 unspecified atom stereocenters. The van der Waals surface area contributed by atoms with Gasteiger partial charge in [-0.25, -0.2) is 0 Å². The van der Waals surface area contributed by atoms with Gasteiger partial charge in [0.05, 0.1) is 7.11 Å². The van der Waals surface area contributed by atoms with Crippen molar-refractivity contribution in [3.8, 4) is 0 Å². The Hall–Kier alpha value is -1.31. The highest BCUT2D eigenvalue weighted by Crippen LogP contribution is 2.47. The first-order chi connectivity index (χ1) is 8.39. The van der Waals surface area contributed by atoms with Crippen molar-refractivity contribution in [3.63, 3.8) is 0 Å². The third-order valence-corrected chi connectivity index (χ3v) is 4.26. The molecule has 0 aromatic carbocycles. The van der Waals surface area contributed by atoms with E-state index in [2.05, 4.69) is 26.8 Å². The normalized spacial score (nSPS) is 28.0. The molecule has 0 aromatic rings. The van der Waals surface area contributed by atoms with Crippen LogP contribution in [-0.2, 0) is 9.53 Å². The fourth-order valence-electron chi connectivity index (χ4n) is 2.92. The summed E-state index contributed by atoms with van der Waals surface area (Å²) >= 11 is 0. The molecule has 0 bridgehead atoms. The zero-order chi connectivity index (χ0) is 13.5. The summed E-state index contributed by atoms with van der Waals surface area (Å²) in [6.45, 7) is 8.55. The third kappa shape index (κ3) is 1.94. The first kappa shape index (κ1) is 13.1. The molecule has 0 heterocycles. The van der Waals surface area contributed by atoms with Crippen molar-refractivity contribution >= 4 is 5.78 Å². The van der Waals surface area contributed by atoms with Crippen LogP contribution in [0.5, 0.6) is 0 Å². The summed E-state index contributed by atoms with van der Waals surface area (Å²) in [7, 11) is 1.57. The van der Waals surface area contributed by atoms with E-state index in [-0.39, 0.29) is 11.2 Å². The van der Waals surface area contributed by atoms with Gasteiger partial charge in [0.2, 0.25) is 5.78 Å². The number of allylic oxidation sites excluding steroid dienone is 5. The molecule has 2 heteroatoms. The number of rotatable bonds is 2. The van der Waals surface area contributed by atoms with Crippen LogP contribution in [0.1, 0.15) is 40.5 Å². The standard InChI is InChI=1S/C16H22O2/c1-10(2)12-6-7-16(4)9-14(18-5)15(17)11(3)13(16)8-12/h8-10H,6-7H2,1-5H3/t16-/m0/s1. The Balaban J connectivity index is 2.52. The fourth-order valence-corrected chi connectivity index (χ4v) is 2.92. The molecule has 0 radical (unpaired) electrons. The summed E-state index contributed by atoms with van der Waals surface area (Å²) in [5, 5.41) is 0. The number of hydrogen-bond donors (Lipinski definition) is 0. The number of carbonyl (C=O) groups is 1. The van der Waals surface area contributed by atoms with Crippen LogP contribution in [0.4, 0.5) is 0 Å². The van der Waals surface area contributed by atoms with E-state index in [1.807, 2.05) is 13.0 Å². The molecular formula is C16H22O2. The number of hydrogen-bond acceptors (Lipinski definition) is 2. The average molecular weight is 246 g/mol. The molecule has 1 atom stereocenters. The Morgan fingerprint density at radius 3 is 2.61 bits per heavy atom. The van der Waals surface area contributed by atoms with Crippen LogP contribution in [0, 0.1) is 11.3 Å². The predicted octanol–water partition coefficient (Wildman–Crippen LogP) is 3.80. The van der Waals surface area contributed by atoms with Crippen LogP contribution in [0.3, 0.4) is 0 Å². The minimum absolute atomic E-state index is 0.0335. The summed E-state index contributed by atoms with van der Waals surface area (Å²) in [6.07, 6.45) is 6.41. The van der Waals surface area contributed by atoms with Crippen LogP contribution >= 0.6 is 0 Å². The maximum atomic E-state index is 12.1. The molecule has 18 heavy (non-hydrogen) atoms. The summed E-state index contributed by atoms with van der Waals surface area (Å²) in [5.41, 5.74) is 3.43. The van der Waals surface area contributed by atoms with Gasteiger partial charge in [-0.1, -0.05) is 32.4 Å². The molecule has 0 amide bonds. The minimum Gasteiger partial charge on any atom is -0.493 e. The Morgan fingerprint density at radius 1 is 1.39 bits per heavy atom. The summed E-state index contributed by atoms with van der Waals surface area (Å²) in [6, 6.07) is 0. The Bertz CT molecular complexity index is 477. The molecule has 0 saturated heterocycles. The second-order valence-electron chi connectivity index (χ2n) is 5.87. The number of ether oxygens (including phenoxy) is 1. The van der Waals surface area contributed by atoms with E-state index in [1.54, 1.807) is 7.11 Å². The number of Topliss-reactive ketones (excluding diaryl/α,β-unsaturated/α-hetero) is 1. The highest BCUT2D eigenvalue weighted by atomic mass is 16.5. The molecule has 0 fully saturated rings. The zero-order valence-electron chi connectivity index (χ0n) is 12.0. The van der Waals surface area contributed by atoms with Crippen molar-refractivity contribution in [1.82, 2.24) is 0 Å². The minimum atomic E-state index is -0.0400. The Labute approximate surface area is 109 Å². The van der Waals surface area contributed by atoms with Gasteiger partial charge in [0.25, 0.3) is 0 Å². The van der Waals surface area contributed by atoms with E-state index >= 15 is 0 Å². The molecule has 2 rings (SSSR count). The molecule has 2 aliphatic carbocycles. The van der Waals surface area contributed by atoms with Crippen molar-refractivity contribution in [2.45, 2.75) is 40.5 Å². The topological polar surface area (TPSA) is 26.3 Å². The monoisotopic (exact) mass is 246 g/mol. The molecule has 0 aromatic heterocycles. The lowest BCUT2D eigenvalue weighted by atomic mass is 9.67. The van der Waals surface area contributed by atoms with E-state index in [0.717, 1.165) is 18.4 Å². The molecule has 98 valence electrons. The highest BCUT2D eigenvalue weighted by Gasteiger charge is 2.38. The number of ketones is 1. The van der Waals surface area contributed by atoms with Gasteiger partial charge in [0, 0.05) is 11.0 Å². The number of carbonyl (C=O) groups excluding carboxylic acids is 1. The van der Waals surface area contributed by atoms with Crippen LogP contribution in [-0.4, -0.2) is 12.9 Å². The van der Waals surface area contributed by atoms with Gasteiger partial charge in [-0.15, -0.1) is 0 Å². The average Bonchev–Trinajstić information content (AvgIpc) is 2.33. The Kier molecular flexibility index (Phi) is 3.22. The van der Waals surface area contributed by atoms with Crippen LogP contribution in [0.15, 0.2) is 34.6 Å². The van der Waals surface area contributed by atoms with Crippen LogP contribution in [0.2, 0.25) is 0 Å². The molecule has 2 nitrogen and oxygen atoms in total. The van der Waals surface area contributed by atoms with Crippen molar-refractivity contribution in [3.05, 3.63) is 34.6 Å². The predicted molar refractivity (Wildman–Crippen MR) is 73.1 cm³/mol. The maximum Gasteiger partial charge on any atom is 0.223 e. The van der Waals surface area contributed by atoms with Crippen molar-refractivity contribution < 1.29 is 9.53 Å². The van der Waals surface area contributed by atoms with E-state index < -0.39 is 0 Å². The zero-order valence-corrected chi connectivity index (χ0v) is 12.0. The van der Waals surface area contributed by atoms with Gasteiger partial charge in [0.1, 0.15) is 0 Å². The van der Waals surface area contributed by atoms with E-state index in [0.29, 0.717) is 11.7 Å². The van der Waals surface area contributed by atoms with Gasteiger partial charge in [-0.05, 0) is 37.3 Å². The molecule has 2 aliphatic rings. The molecule has 0 spiro atoms. The summed E-state index contributed by atoms with van der Waals surface area (Å²) in [4.78, 5) is 12.1. The van der Waals surface area contributed by atoms with Crippen molar-refractivity contribution in [1.29, 1.82) is 0 Å². The van der Waals surface area contributed by atoms with Crippen molar-refractivity contribution in [2.24, 2.45) is 11.3 Å². The molecular weight excluding hydrogens is 224 g/mol. The Morgan fingerprint density at radius 2 is 2.06 bits per heavy atom. The van der Waals surface area contributed by atoms with Crippen LogP contribution < -0.4 is 0 Å². The van der Waals surface area contributed by atoms with E-state index in [1.165, 1.54) is 11.1 Å². The summed E-state index contributed by atoms with van der Waals surface area (Å²) in [5.74, 6) is 1.09. The lowest BCUT2D eigenvalue weighted by Gasteiger charge is -2.38. The fraction of sp³-hybridized carbons (Fsp3) is 0.562. The van der Waals surface area contributed by atoms with Crippen molar-refractivity contribution in [2.75, 3.05) is 7.11 Å². The van der Waals surface area contributed by atoms with Gasteiger partial charge in [0.15, 0.2) is 5.76 Å². The van der Waals surface area contributed by atoms with E-state index in [4.69, 9.17) is 4.74 Å². The van der Waals surface area contributed by atoms with Gasteiger partial charge < -0.3 is 4.74 Å². The first-order valence-corrected chi connectivity index (χ1v) is 6.62. The van der Waals surface area contributed by atoms with Gasteiger partial charge in [-0.3, -0.25) is 4.79 Å². The lowest BCUT2D eigenvalue weighted by Crippen LogP contribution is -2.29. The van der Waals surface area contributed by atoms with Gasteiger partial charge >= 0.3 is 0 Å². The second-order valence-corrected chi connectivity index (χ2v) is 5.87. The molecule has 0 N–H and O–H groups in total. The number of methoxy groups -OCH3 is 1. The molecule has 0 saturated carbocycles. The summed E-state index contributed by atoms with van der Waals surface area (Å²) < 4.78 is 5.22. The first-order valence-electron chi connectivity index (χ1n) is 6.62.